The van der Waals surface area contributed by atoms with Gasteiger partial charge >= 0.3 is 0 Å². The molecule has 0 spiro atoms. The molecule has 2 aromatic rings. The van der Waals surface area contributed by atoms with Gasteiger partial charge in [0.05, 0.1) is 0 Å². The lowest BCUT2D eigenvalue weighted by molar-refractivity contribution is 0.102. The van der Waals surface area contributed by atoms with Crippen LogP contribution in [0.4, 0.5) is 11.6 Å². The number of aromatic nitrogens is 2. The molecule has 132 valence electrons. The smallest absolute Gasteiger partial charge is 0.274 e. The molecule has 1 aromatic carbocycles. The van der Waals surface area contributed by atoms with Crippen LogP contribution in [0.5, 0.6) is 0 Å². The van der Waals surface area contributed by atoms with Gasteiger partial charge in [0.25, 0.3) is 5.91 Å². The highest BCUT2D eigenvalue weighted by Crippen LogP contribution is 2.24. The number of amides is 1. The molecule has 5 nitrogen and oxygen atoms in total. The third-order valence-electron chi connectivity index (χ3n) is 4.88. The van der Waals surface area contributed by atoms with Gasteiger partial charge in [-0.3, -0.25) is 4.79 Å². The number of nitrogens with one attached hydrogen (secondary N) is 1. The number of nitrogens with zero attached hydrogens (tertiary/aromatic N) is 3. The predicted octanol–water partition coefficient (Wildman–Crippen LogP) is 4.06. The van der Waals surface area contributed by atoms with Crippen LogP contribution in [-0.2, 0) is 6.42 Å². The maximum atomic E-state index is 12.6. The first-order chi connectivity index (χ1) is 12.2. The number of rotatable bonds is 5. The molecular formula is C20H26N4O. The Morgan fingerprint density at radius 1 is 1.24 bits per heavy atom. The van der Waals surface area contributed by atoms with Crippen molar-refractivity contribution in [2.45, 2.75) is 52.0 Å². The van der Waals surface area contributed by atoms with Crippen LogP contribution in [0.2, 0.25) is 0 Å². The molecule has 0 radical (unpaired) electrons. The third-order valence-corrected chi connectivity index (χ3v) is 4.88. The number of hydrogen-bond donors (Lipinski definition) is 1. The van der Waals surface area contributed by atoms with Crippen molar-refractivity contribution in [2.24, 2.45) is 0 Å². The number of para-hydroxylation sites is 1. The molecular weight excluding hydrogens is 312 g/mol. The van der Waals surface area contributed by atoms with Gasteiger partial charge in [0.15, 0.2) is 0 Å². The summed E-state index contributed by atoms with van der Waals surface area (Å²) in [5.74, 6) is 0.484. The predicted molar refractivity (Wildman–Crippen MR) is 101 cm³/mol. The van der Waals surface area contributed by atoms with Gasteiger partial charge in [0, 0.05) is 24.5 Å². The first kappa shape index (κ1) is 17.4. The zero-order chi connectivity index (χ0) is 17.6. The molecule has 1 aliphatic heterocycles. The van der Waals surface area contributed by atoms with E-state index in [1.807, 2.05) is 24.3 Å². The lowest BCUT2D eigenvalue weighted by Crippen LogP contribution is -2.40. The number of anilines is 2. The fraction of sp³-hybridized carbons (Fsp3) is 0.450. The Balaban J connectivity index is 1.80. The minimum atomic E-state index is -0.186. The normalized spacial score (nSPS) is 17.4. The van der Waals surface area contributed by atoms with E-state index in [0.717, 1.165) is 37.1 Å². The number of carbonyl (C=O) groups excluding carboxylic acids is 1. The van der Waals surface area contributed by atoms with Crippen LogP contribution in [0.15, 0.2) is 36.5 Å². The molecule has 1 unspecified atom stereocenters. The highest BCUT2D eigenvalue weighted by molar-refractivity contribution is 6.03. The van der Waals surface area contributed by atoms with Gasteiger partial charge in [-0.05, 0) is 49.8 Å². The number of piperidine rings is 1. The number of benzene rings is 1. The summed E-state index contributed by atoms with van der Waals surface area (Å²) in [6, 6.07) is 10.0. The Kier molecular flexibility index (Phi) is 5.64. The molecule has 25 heavy (non-hydrogen) atoms. The Morgan fingerprint density at radius 3 is 2.88 bits per heavy atom. The molecule has 0 aliphatic carbocycles. The van der Waals surface area contributed by atoms with Crippen molar-refractivity contribution < 1.29 is 4.79 Å². The van der Waals surface area contributed by atoms with Crippen molar-refractivity contribution in [3.05, 3.63) is 47.8 Å². The van der Waals surface area contributed by atoms with E-state index in [-0.39, 0.29) is 5.91 Å². The SMILES string of the molecule is CCc1ccccc1NC(=O)c1ccnc(N2CCCCC2CC)n1. The number of aryl methyl sites for hydroxylation is 1. The average Bonchev–Trinajstić information content (AvgIpc) is 2.68. The second-order valence-electron chi connectivity index (χ2n) is 6.46. The highest BCUT2D eigenvalue weighted by Gasteiger charge is 2.23. The summed E-state index contributed by atoms with van der Waals surface area (Å²) < 4.78 is 0. The monoisotopic (exact) mass is 338 g/mol. The van der Waals surface area contributed by atoms with E-state index < -0.39 is 0 Å². The van der Waals surface area contributed by atoms with Gasteiger partial charge in [-0.2, -0.15) is 0 Å². The molecule has 1 saturated heterocycles. The zero-order valence-corrected chi connectivity index (χ0v) is 15.0. The minimum absolute atomic E-state index is 0.186. The second kappa shape index (κ2) is 8.10. The molecule has 1 aromatic heterocycles. The largest absolute Gasteiger partial charge is 0.338 e. The van der Waals surface area contributed by atoms with E-state index >= 15 is 0 Å². The van der Waals surface area contributed by atoms with Gasteiger partial charge in [-0.15, -0.1) is 0 Å². The molecule has 1 aliphatic rings. The summed E-state index contributed by atoms with van der Waals surface area (Å²) in [7, 11) is 0. The second-order valence-corrected chi connectivity index (χ2v) is 6.46. The topological polar surface area (TPSA) is 58.1 Å². The first-order valence-electron chi connectivity index (χ1n) is 9.21. The molecule has 1 fully saturated rings. The van der Waals surface area contributed by atoms with Crippen molar-refractivity contribution in [2.75, 3.05) is 16.8 Å². The lowest BCUT2D eigenvalue weighted by atomic mass is 10.0. The van der Waals surface area contributed by atoms with Gasteiger partial charge in [0.2, 0.25) is 5.95 Å². The Hall–Kier alpha value is -2.43. The lowest BCUT2D eigenvalue weighted by Gasteiger charge is -2.35. The van der Waals surface area contributed by atoms with Crippen molar-refractivity contribution in [3.8, 4) is 0 Å². The Labute approximate surface area is 149 Å². The summed E-state index contributed by atoms with van der Waals surface area (Å²) in [6.07, 6.45) is 7.20. The standard InChI is InChI=1S/C20H26N4O/c1-3-15-9-5-6-11-17(15)22-19(25)18-12-13-21-20(23-18)24-14-8-7-10-16(24)4-2/h5-6,9,11-13,16H,3-4,7-8,10,14H2,1-2H3,(H,22,25). The summed E-state index contributed by atoms with van der Waals surface area (Å²) in [5.41, 5.74) is 2.38. The fourth-order valence-electron chi connectivity index (χ4n) is 3.44. The fourth-order valence-corrected chi connectivity index (χ4v) is 3.44. The van der Waals surface area contributed by atoms with E-state index in [0.29, 0.717) is 17.7 Å². The first-order valence-corrected chi connectivity index (χ1v) is 9.21. The van der Waals surface area contributed by atoms with Crippen LogP contribution >= 0.6 is 0 Å². The van der Waals surface area contributed by atoms with Gasteiger partial charge in [0.1, 0.15) is 5.69 Å². The number of hydrogen-bond acceptors (Lipinski definition) is 4. The van der Waals surface area contributed by atoms with Gasteiger partial charge in [-0.25, -0.2) is 9.97 Å². The molecule has 2 heterocycles. The highest BCUT2D eigenvalue weighted by atomic mass is 16.1. The minimum Gasteiger partial charge on any atom is -0.338 e. The summed E-state index contributed by atoms with van der Waals surface area (Å²) in [6.45, 7) is 5.23. The molecule has 0 saturated carbocycles. The maximum Gasteiger partial charge on any atom is 0.274 e. The zero-order valence-electron chi connectivity index (χ0n) is 15.0. The van der Waals surface area contributed by atoms with Crippen molar-refractivity contribution in [1.82, 2.24) is 9.97 Å². The molecule has 5 heteroatoms. The quantitative estimate of drug-likeness (QED) is 0.893. The van der Waals surface area contributed by atoms with E-state index in [1.165, 1.54) is 12.8 Å². The van der Waals surface area contributed by atoms with Gasteiger partial charge in [-0.1, -0.05) is 32.0 Å². The van der Waals surface area contributed by atoms with E-state index in [9.17, 15) is 4.79 Å². The van der Waals surface area contributed by atoms with E-state index in [1.54, 1.807) is 12.3 Å². The average molecular weight is 338 g/mol. The third kappa shape index (κ3) is 3.98. The maximum absolute atomic E-state index is 12.6. The van der Waals surface area contributed by atoms with Crippen molar-refractivity contribution in [3.63, 3.8) is 0 Å². The summed E-state index contributed by atoms with van der Waals surface area (Å²) in [5, 5.41) is 2.99. The van der Waals surface area contributed by atoms with Crippen LogP contribution in [0.3, 0.4) is 0 Å². The van der Waals surface area contributed by atoms with Gasteiger partial charge < -0.3 is 10.2 Å². The van der Waals surface area contributed by atoms with Crippen LogP contribution in [0.1, 0.15) is 55.6 Å². The number of carbonyl (C=O) groups is 1. The summed E-state index contributed by atoms with van der Waals surface area (Å²) >= 11 is 0. The molecule has 3 rings (SSSR count). The molecule has 1 atom stereocenters. The Morgan fingerprint density at radius 2 is 2.08 bits per heavy atom. The molecule has 0 bridgehead atoms. The van der Waals surface area contributed by atoms with Crippen LogP contribution in [0.25, 0.3) is 0 Å². The summed E-state index contributed by atoms with van der Waals surface area (Å²) in [4.78, 5) is 23.9. The van der Waals surface area contributed by atoms with E-state index in [4.69, 9.17) is 0 Å². The van der Waals surface area contributed by atoms with E-state index in [2.05, 4.69) is 34.0 Å². The van der Waals surface area contributed by atoms with Crippen LogP contribution in [0, 0.1) is 0 Å². The molecule has 1 amide bonds. The van der Waals surface area contributed by atoms with Crippen molar-refractivity contribution >= 4 is 17.5 Å². The van der Waals surface area contributed by atoms with Crippen LogP contribution < -0.4 is 10.2 Å². The van der Waals surface area contributed by atoms with Crippen LogP contribution in [-0.4, -0.2) is 28.5 Å². The Bertz CT molecular complexity index is 731. The van der Waals surface area contributed by atoms with Crippen molar-refractivity contribution in [1.29, 1.82) is 0 Å². The molecule has 1 N–H and O–H groups in total.